The van der Waals surface area contributed by atoms with Gasteiger partial charge < -0.3 is 4.84 Å². The molecule has 0 unspecified atom stereocenters. The highest BCUT2D eigenvalue weighted by molar-refractivity contribution is 5.18. The molecule has 0 aliphatic heterocycles. The third kappa shape index (κ3) is 2.75. The highest BCUT2D eigenvalue weighted by Crippen LogP contribution is 2.10. The molecule has 72 valence electrons. The van der Waals surface area contributed by atoms with Gasteiger partial charge in [-0.05, 0) is 13.0 Å². The summed E-state index contributed by atoms with van der Waals surface area (Å²) in [5, 5.41) is 0. The van der Waals surface area contributed by atoms with Crippen molar-refractivity contribution in [3.8, 4) is 0 Å². The average molecular weight is 187 g/mol. The van der Waals surface area contributed by atoms with Crippen LogP contribution in [0.3, 0.4) is 0 Å². The van der Waals surface area contributed by atoms with Crippen molar-refractivity contribution in [2.45, 2.75) is 13.5 Å². The molecule has 2 nitrogen and oxygen atoms in total. The summed E-state index contributed by atoms with van der Waals surface area (Å²) in [6, 6.07) is 4.05. The van der Waals surface area contributed by atoms with Crippen molar-refractivity contribution >= 4 is 0 Å². The highest BCUT2D eigenvalue weighted by Gasteiger charge is 2.06. The van der Waals surface area contributed by atoms with E-state index in [0.717, 1.165) is 6.07 Å². The minimum atomic E-state index is -0.837. The molecule has 0 heterocycles. The average Bonchev–Trinajstić information content (AvgIpc) is 2.13. The third-order valence-electron chi connectivity index (χ3n) is 1.54. The Morgan fingerprint density at radius 1 is 1.38 bits per heavy atom. The van der Waals surface area contributed by atoms with Gasteiger partial charge >= 0.3 is 0 Å². The molecule has 0 radical (unpaired) electrons. The lowest BCUT2D eigenvalue weighted by molar-refractivity contribution is 0.0456. The molecule has 13 heavy (non-hydrogen) atoms. The molecule has 0 aliphatic carbocycles. The van der Waals surface area contributed by atoms with Gasteiger partial charge in [-0.1, -0.05) is 12.1 Å². The van der Waals surface area contributed by atoms with Crippen molar-refractivity contribution in [1.29, 1.82) is 0 Å². The third-order valence-corrected chi connectivity index (χ3v) is 1.54. The largest absolute Gasteiger partial charge is 0.302 e. The van der Waals surface area contributed by atoms with Gasteiger partial charge in [0.25, 0.3) is 0 Å². The molecule has 0 aromatic heterocycles. The first-order chi connectivity index (χ1) is 6.25. The maximum atomic E-state index is 13.0. The Labute approximate surface area is 75.5 Å². The topological polar surface area (TPSA) is 21.3 Å². The Morgan fingerprint density at radius 3 is 2.85 bits per heavy atom. The lowest BCUT2D eigenvalue weighted by atomic mass is 10.2. The van der Waals surface area contributed by atoms with Gasteiger partial charge in [-0.3, -0.25) is 0 Å². The van der Waals surface area contributed by atoms with Crippen molar-refractivity contribution < 1.29 is 13.6 Å². The quantitative estimate of drug-likeness (QED) is 0.575. The van der Waals surface area contributed by atoms with Crippen LogP contribution in [0.15, 0.2) is 18.2 Å². The van der Waals surface area contributed by atoms with Crippen molar-refractivity contribution in [1.82, 2.24) is 5.48 Å². The van der Waals surface area contributed by atoms with Gasteiger partial charge in [0.2, 0.25) is 0 Å². The molecule has 0 aliphatic rings. The summed E-state index contributed by atoms with van der Waals surface area (Å²) < 4.78 is 25.6. The van der Waals surface area contributed by atoms with E-state index in [0.29, 0.717) is 6.61 Å². The van der Waals surface area contributed by atoms with Gasteiger partial charge in [0.15, 0.2) is 11.6 Å². The van der Waals surface area contributed by atoms with Crippen LogP contribution >= 0.6 is 0 Å². The number of hydrogen-bond acceptors (Lipinski definition) is 2. The second-order valence-corrected chi connectivity index (χ2v) is 2.47. The van der Waals surface area contributed by atoms with Crippen LogP contribution in [0, 0.1) is 11.6 Å². The molecule has 4 heteroatoms. The number of benzene rings is 1. The maximum Gasteiger partial charge on any atom is 0.163 e. The molecule has 1 aromatic carbocycles. The molecule has 1 N–H and O–H groups in total. The van der Waals surface area contributed by atoms with Gasteiger partial charge in [0.05, 0.1) is 6.61 Å². The molecule has 0 saturated carbocycles. The second kappa shape index (κ2) is 4.89. The fourth-order valence-corrected chi connectivity index (χ4v) is 0.916. The van der Waals surface area contributed by atoms with E-state index in [1.807, 2.05) is 0 Å². The first-order valence-corrected chi connectivity index (χ1v) is 4.03. The monoisotopic (exact) mass is 187 g/mol. The number of hydrogen-bond donors (Lipinski definition) is 1. The van der Waals surface area contributed by atoms with Crippen molar-refractivity contribution in [3.05, 3.63) is 35.4 Å². The first kappa shape index (κ1) is 10.1. The molecule has 0 atom stereocenters. The summed E-state index contributed by atoms with van der Waals surface area (Å²) in [5.74, 6) is -1.66. The number of rotatable bonds is 4. The summed E-state index contributed by atoms with van der Waals surface area (Å²) in [4.78, 5) is 4.79. The Kier molecular flexibility index (Phi) is 3.79. The normalized spacial score (nSPS) is 10.4. The minimum Gasteiger partial charge on any atom is -0.302 e. The fraction of sp³-hybridized carbons (Fsp3) is 0.333. The summed E-state index contributed by atoms with van der Waals surface area (Å²) in [6.45, 7) is 2.45. The molecule has 0 fully saturated rings. The van der Waals surface area contributed by atoms with Crippen LogP contribution in [0.25, 0.3) is 0 Å². The molecule has 0 amide bonds. The zero-order chi connectivity index (χ0) is 9.68. The van der Waals surface area contributed by atoms with Gasteiger partial charge in [0, 0.05) is 12.1 Å². The zero-order valence-electron chi connectivity index (χ0n) is 7.31. The summed E-state index contributed by atoms with van der Waals surface area (Å²) in [6.07, 6.45) is 0. The lowest BCUT2D eigenvalue weighted by Crippen LogP contribution is -2.14. The molecule has 0 bridgehead atoms. The molecular weight excluding hydrogens is 176 g/mol. The predicted molar refractivity (Wildman–Crippen MR) is 44.8 cm³/mol. The van der Waals surface area contributed by atoms with Crippen molar-refractivity contribution in [2.24, 2.45) is 0 Å². The standard InChI is InChI=1S/C9H11F2NO/c1-2-13-12-6-7-4-3-5-8(10)9(7)11/h3-5,12H,2,6H2,1H3. The summed E-state index contributed by atoms with van der Waals surface area (Å²) in [7, 11) is 0. The Balaban J connectivity index is 2.61. The molecule has 1 aromatic rings. The van der Waals surface area contributed by atoms with Gasteiger partial charge in [-0.15, -0.1) is 0 Å². The first-order valence-electron chi connectivity index (χ1n) is 4.03. The highest BCUT2D eigenvalue weighted by atomic mass is 19.2. The predicted octanol–water partition coefficient (Wildman–Crippen LogP) is 2.01. The summed E-state index contributed by atoms with van der Waals surface area (Å²) in [5.41, 5.74) is 2.77. The van der Waals surface area contributed by atoms with Crippen LogP contribution in [0.2, 0.25) is 0 Å². The van der Waals surface area contributed by atoms with Crippen LogP contribution in [0.1, 0.15) is 12.5 Å². The number of halogens is 2. The van der Waals surface area contributed by atoms with Gasteiger partial charge in [-0.25, -0.2) is 8.78 Å². The van der Waals surface area contributed by atoms with Crippen LogP contribution in [-0.4, -0.2) is 6.61 Å². The van der Waals surface area contributed by atoms with Crippen LogP contribution in [0.4, 0.5) is 8.78 Å². The molecule has 0 saturated heterocycles. The molecule has 0 spiro atoms. The Bertz CT molecular complexity index is 278. The van der Waals surface area contributed by atoms with E-state index in [1.54, 1.807) is 6.92 Å². The lowest BCUT2D eigenvalue weighted by Gasteiger charge is -2.04. The van der Waals surface area contributed by atoms with E-state index in [2.05, 4.69) is 5.48 Å². The van der Waals surface area contributed by atoms with Gasteiger partial charge in [-0.2, -0.15) is 5.48 Å². The van der Waals surface area contributed by atoms with Crippen molar-refractivity contribution in [2.75, 3.05) is 6.61 Å². The van der Waals surface area contributed by atoms with E-state index in [4.69, 9.17) is 4.84 Å². The van der Waals surface area contributed by atoms with E-state index in [1.165, 1.54) is 12.1 Å². The Hall–Kier alpha value is -1.00. The number of hydroxylamine groups is 1. The second-order valence-electron chi connectivity index (χ2n) is 2.47. The SMILES string of the molecule is CCONCc1cccc(F)c1F. The van der Waals surface area contributed by atoms with Crippen LogP contribution < -0.4 is 5.48 Å². The Morgan fingerprint density at radius 2 is 2.15 bits per heavy atom. The number of nitrogens with one attached hydrogen (secondary N) is 1. The van der Waals surface area contributed by atoms with E-state index < -0.39 is 11.6 Å². The van der Waals surface area contributed by atoms with Crippen LogP contribution in [0.5, 0.6) is 0 Å². The minimum absolute atomic E-state index is 0.164. The maximum absolute atomic E-state index is 13.0. The van der Waals surface area contributed by atoms with E-state index in [9.17, 15) is 8.78 Å². The van der Waals surface area contributed by atoms with Crippen molar-refractivity contribution in [3.63, 3.8) is 0 Å². The van der Waals surface area contributed by atoms with Gasteiger partial charge in [0.1, 0.15) is 0 Å². The van der Waals surface area contributed by atoms with E-state index in [-0.39, 0.29) is 12.1 Å². The fourth-order valence-electron chi connectivity index (χ4n) is 0.916. The molecule has 1 rings (SSSR count). The zero-order valence-corrected chi connectivity index (χ0v) is 7.31. The van der Waals surface area contributed by atoms with E-state index >= 15 is 0 Å². The summed E-state index contributed by atoms with van der Waals surface area (Å²) >= 11 is 0. The smallest absolute Gasteiger partial charge is 0.163 e. The van der Waals surface area contributed by atoms with Crippen LogP contribution in [-0.2, 0) is 11.4 Å². The molecular formula is C9H11F2NO.